The summed E-state index contributed by atoms with van der Waals surface area (Å²) in [6.07, 6.45) is 0.726. The lowest BCUT2D eigenvalue weighted by atomic mass is 9.95. The Morgan fingerprint density at radius 1 is 0.833 bits per heavy atom. The summed E-state index contributed by atoms with van der Waals surface area (Å²) in [6.45, 7) is 6.83. The second-order valence-electron chi connectivity index (χ2n) is 11.6. The molecule has 48 heavy (non-hydrogen) atoms. The van der Waals surface area contributed by atoms with Gasteiger partial charge in [-0.25, -0.2) is 0 Å². The summed E-state index contributed by atoms with van der Waals surface area (Å²) in [5, 5.41) is 2.97. The molecule has 8 nitrogen and oxygen atoms in total. The topological polar surface area (TPSA) is 86.3 Å². The van der Waals surface area contributed by atoms with Crippen molar-refractivity contribution in [3.8, 4) is 34.1 Å². The number of hydrogen-bond donors (Lipinski definition) is 1. The van der Waals surface area contributed by atoms with Crippen LogP contribution in [0.4, 0.5) is 5.69 Å². The Balaban J connectivity index is 1.23. The Morgan fingerprint density at radius 3 is 2.29 bits per heavy atom. The Kier molecular flexibility index (Phi) is 10.8. The van der Waals surface area contributed by atoms with Crippen LogP contribution >= 0.6 is 0 Å². The van der Waals surface area contributed by atoms with Gasteiger partial charge in [-0.1, -0.05) is 54.6 Å². The molecule has 0 atom stereocenters. The van der Waals surface area contributed by atoms with Crippen molar-refractivity contribution in [3.05, 3.63) is 138 Å². The number of carbonyl (C=O) groups excluding carboxylic acids is 2. The van der Waals surface area contributed by atoms with E-state index in [9.17, 15) is 9.59 Å². The molecule has 0 aliphatic carbocycles. The summed E-state index contributed by atoms with van der Waals surface area (Å²) in [5.74, 6) is 2.08. The van der Waals surface area contributed by atoms with Crippen LogP contribution in [0.1, 0.15) is 27.0 Å². The molecule has 0 spiro atoms. The summed E-state index contributed by atoms with van der Waals surface area (Å²) < 4.78 is 22.8. The Hall–Kier alpha value is -5.44. The zero-order valence-electron chi connectivity index (χ0n) is 26.9. The Labute approximate surface area is 280 Å². The normalized spacial score (nSPS) is 13.0. The molecule has 5 aromatic carbocycles. The van der Waals surface area contributed by atoms with Crippen LogP contribution in [0, 0.1) is 6.92 Å². The fourth-order valence-electron chi connectivity index (χ4n) is 5.60. The first-order valence-electron chi connectivity index (χ1n) is 16.0. The molecule has 1 aliphatic rings. The highest BCUT2D eigenvalue weighted by Crippen LogP contribution is 2.36. The Morgan fingerprint density at radius 2 is 1.56 bits per heavy atom. The second-order valence-corrected chi connectivity index (χ2v) is 11.6. The standard InChI is InChI=1S/C40H38N2O6/c1-29-6-5-9-36(24-29)46-27-30-10-12-31(13-11-30)37-26-39(47-28-43)38(25-33(37)18-19-42-20-22-45-23-21-42)41-40(44)32-14-16-35(17-15-32)48-34-7-3-2-4-8-34/h2-17,24-26,28H,18-23,27H2,1H3,(H,41,44). The minimum absolute atomic E-state index is 0.263. The van der Waals surface area contributed by atoms with Gasteiger partial charge in [0.1, 0.15) is 23.9 Å². The van der Waals surface area contributed by atoms with E-state index >= 15 is 0 Å². The van der Waals surface area contributed by atoms with Crippen molar-refractivity contribution in [1.82, 2.24) is 4.90 Å². The van der Waals surface area contributed by atoms with Crippen molar-refractivity contribution in [3.63, 3.8) is 0 Å². The number of carbonyl (C=O) groups is 2. The van der Waals surface area contributed by atoms with Crippen LogP contribution in [0.2, 0.25) is 0 Å². The van der Waals surface area contributed by atoms with Gasteiger partial charge >= 0.3 is 0 Å². The summed E-state index contributed by atoms with van der Waals surface area (Å²) in [7, 11) is 0. The minimum Gasteiger partial charge on any atom is -0.489 e. The third kappa shape index (κ3) is 8.67. The second kappa shape index (κ2) is 15.9. The molecule has 0 saturated carbocycles. The predicted octanol–water partition coefficient (Wildman–Crippen LogP) is 7.70. The molecule has 1 saturated heterocycles. The van der Waals surface area contributed by atoms with E-state index in [1.54, 1.807) is 24.3 Å². The van der Waals surface area contributed by atoms with E-state index in [-0.39, 0.29) is 11.7 Å². The van der Waals surface area contributed by atoms with Crippen molar-refractivity contribution in [1.29, 1.82) is 0 Å². The quantitative estimate of drug-likeness (QED) is 0.132. The summed E-state index contributed by atoms with van der Waals surface area (Å²) in [5.41, 5.74) is 5.94. The smallest absolute Gasteiger partial charge is 0.298 e. The minimum atomic E-state index is -0.332. The third-order valence-corrected chi connectivity index (χ3v) is 8.19. The highest BCUT2D eigenvalue weighted by molar-refractivity contribution is 6.05. The zero-order valence-corrected chi connectivity index (χ0v) is 26.9. The van der Waals surface area contributed by atoms with Gasteiger partial charge in [-0.15, -0.1) is 0 Å². The van der Waals surface area contributed by atoms with Crippen molar-refractivity contribution in [2.45, 2.75) is 20.0 Å². The van der Waals surface area contributed by atoms with Crippen molar-refractivity contribution in [2.75, 3.05) is 38.2 Å². The molecule has 1 aliphatic heterocycles. The molecular formula is C40H38N2O6. The maximum atomic E-state index is 13.4. The van der Waals surface area contributed by atoms with Gasteiger partial charge in [-0.2, -0.15) is 0 Å². The third-order valence-electron chi connectivity index (χ3n) is 8.19. The molecule has 1 N–H and O–H groups in total. The number of para-hydroxylation sites is 1. The number of nitrogens with zero attached hydrogens (tertiary/aromatic N) is 1. The molecule has 0 unspecified atom stereocenters. The highest BCUT2D eigenvalue weighted by Gasteiger charge is 2.18. The first-order chi connectivity index (χ1) is 23.5. The predicted molar refractivity (Wildman–Crippen MR) is 186 cm³/mol. The molecule has 1 heterocycles. The molecule has 0 aromatic heterocycles. The number of morpholine rings is 1. The van der Waals surface area contributed by atoms with E-state index in [2.05, 4.69) is 10.2 Å². The van der Waals surface area contributed by atoms with Crippen LogP contribution in [-0.2, 0) is 22.6 Å². The number of hydrogen-bond acceptors (Lipinski definition) is 7. The molecule has 0 bridgehead atoms. The van der Waals surface area contributed by atoms with Gasteiger partial charge in [-0.05, 0) is 102 Å². The monoisotopic (exact) mass is 642 g/mol. The highest BCUT2D eigenvalue weighted by atomic mass is 16.5. The summed E-state index contributed by atoms with van der Waals surface area (Å²) >= 11 is 0. The van der Waals surface area contributed by atoms with Gasteiger partial charge in [0.2, 0.25) is 0 Å². The van der Waals surface area contributed by atoms with E-state index in [1.165, 1.54) is 0 Å². The van der Waals surface area contributed by atoms with Gasteiger partial charge in [-0.3, -0.25) is 14.5 Å². The first-order valence-corrected chi connectivity index (χ1v) is 16.0. The van der Waals surface area contributed by atoms with E-state index < -0.39 is 0 Å². The number of rotatable bonds is 13. The summed E-state index contributed by atoms with van der Waals surface area (Å²) in [4.78, 5) is 27.4. The number of amides is 1. The van der Waals surface area contributed by atoms with Crippen LogP contribution in [0.15, 0.2) is 115 Å². The molecule has 0 radical (unpaired) electrons. The van der Waals surface area contributed by atoms with Gasteiger partial charge in [0.05, 0.1) is 18.9 Å². The van der Waals surface area contributed by atoms with Crippen molar-refractivity contribution >= 4 is 18.1 Å². The molecule has 6 rings (SSSR count). The fraction of sp³-hybridized carbons (Fsp3) is 0.200. The largest absolute Gasteiger partial charge is 0.489 e. The molecular weight excluding hydrogens is 604 g/mol. The van der Waals surface area contributed by atoms with Gasteiger partial charge in [0.25, 0.3) is 12.4 Å². The maximum Gasteiger partial charge on any atom is 0.298 e. The number of benzene rings is 5. The number of anilines is 1. The molecule has 244 valence electrons. The molecule has 5 aromatic rings. The van der Waals surface area contributed by atoms with Gasteiger partial charge in [0.15, 0.2) is 5.75 Å². The average molecular weight is 643 g/mol. The number of nitrogens with one attached hydrogen (secondary N) is 1. The van der Waals surface area contributed by atoms with Crippen LogP contribution in [0.25, 0.3) is 11.1 Å². The molecule has 1 amide bonds. The van der Waals surface area contributed by atoms with Crippen molar-refractivity contribution < 1.29 is 28.5 Å². The maximum absolute atomic E-state index is 13.4. The first kappa shape index (κ1) is 32.5. The van der Waals surface area contributed by atoms with Crippen LogP contribution < -0.4 is 19.5 Å². The fourth-order valence-corrected chi connectivity index (χ4v) is 5.60. The van der Waals surface area contributed by atoms with E-state index in [0.717, 1.165) is 59.6 Å². The number of ether oxygens (including phenoxy) is 4. The van der Waals surface area contributed by atoms with Crippen LogP contribution in [-0.4, -0.2) is 50.1 Å². The lowest BCUT2D eigenvalue weighted by molar-refractivity contribution is -0.120. The van der Waals surface area contributed by atoms with E-state index in [1.807, 2.05) is 97.9 Å². The SMILES string of the molecule is Cc1cccc(OCc2ccc(-c3cc(OC=O)c(NC(=O)c4ccc(Oc5ccccc5)cc4)cc3CCN3CCOCC3)cc2)c1. The lowest BCUT2D eigenvalue weighted by Gasteiger charge is -2.27. The van der Waals surface area contributed by atoms with Gasteiger partial charge < -0.3 is 24.3 Å². The number of aryl methyl sites for hydroxylation is 1. The zero-order chi connectivity index (χ0) is 33.1. The van der Waals surface area contributed by atoms with Crippen LogP contribution in [0.5, 0.6) is 23.0 Å². The molecule has 8 heteroatoms. The van der Waals surface area contributed by atoms with Crippen molar-refractivity contribution in [2.24, 2.45) is 0 Å². The van der Waals surface area contributed by atoms with E-state index in [4.69, 9.17) is 18.9 Å². The average Bonchev–Trinajstić information content (AvgIpc) is 3.12. The summed E-state index contributed by atoms with van der Waals surface area (Å²) in [6, 6.07) is 36.2. The van der Waals surface area contributed by atoms with E-state index in [0.29, 0.717) is 49.0 Å². The lowest BCUT2D eigenvalue weighted by Crippen LogP contribution is -2.37. The molecule has 1 fully saturated rings. The van der Waals surface area contributed by atoms with Crippen LogP contribution in [0.3, 0.4) is 0 Å². The van der Waals surface area contributed by atoms with Gasteiger partial charge in [0, 0.05) is 25.2 Å². The Bertz CT molecular complexity index is 1820.